The topological polar surface area (TPSA) is 121 Å². The van der Waals surface area contributed by atoms with Gasteiger partial charge >= 0.3 is 5.97 Å². The molecule has 8 nitrogen and oxygen atoms in total. The Morgan fingerprint density at radius 3 is 2.22 bits per heavy atom. The molecule has 0 aliphatic carbocycles. The van der Waals surface area contributed by atoms with E-state index in [1.807, 2.05) is 0 Å². The van der Waals surface area contributed by atoms with Crippen molar-refractivity contribution in [2.75, 3.05) is 12.9 Å². The largest absolute Gasteiger partial charge is 0.465 e. The lowest BCUT2D eigenvalue weighted by molar-refractivity contribution is -0.385. The molecule has 2 aromatic rings. The summed E-state index contributed by atoms with van der Waals surface area (Å²) in [5, 5.41) is 11.3. The normalized spacial score (nSPS) is 12.2. The zero-order valence-electron chi connectivity index (χ0n) is 14.6. The molecule has 2 aromatic carbocycles. The van der Waals surface area contributed by atoms with Crippen molar-refractivity contribution in [3.05, 3.63) is 69.8 Å². The third-order valence-corrected chi connectivity index (χ3v) is 4.92. The molecule has 0 saturated heterocycles. The molecule has 1 atom stereocenters. The number of ether oxygens (including phenoxy) is 1. The van der Waals surface area contributed by atoms with Crippen molar-refractivity contribution in [2.24, 2.45) is 0 Å². The highest BCUT2D eigenvalue weighted by atomic mass is 32.2. The van der Waals surface area contributed by atoms with Crippen LogP contribution in [0.2, 0.25) is 0 Å². The minimum absolute atomic E-state index is 0.00371. The summed E-state index contributed by atoms with van der Waals surface area (Å²) in [7, 11) is -3.45. The zero-order valence-corrected chi connectivity index (χ0v) is 15.4. The minimum atomic E-state index is -3.45. The highest BCUT2D eigenvalue weighted by Crippen LogP contribution is 2.30. The van der Waals surface area contributed by atoms with Gasteiger partial charge in [-0.15, -0.1) is 0 Å². The van der Waals surface area contributed by atoms with Gasteiger partial charge in [0.1, 0.15) is 0 Å². The SMILES string of the molecule is CCOC(=O)C(C(=O)c1ccc(S(C)(=O)=O)cc1)c1ccccc1[N+](=O)[O-]. The van der Waals surface area contributed by atoms with Crippen LogP contribution in [0, 0.1) is 10.1 Å². The predicted octanol–water partition coefficient (Wildman–Crippen LogP) is 2.53. The maximum Gasteiger partial charge on any atom is 0.321 e. The number of nitro benzene ring substituents is 1. The summed E-state index contributed by atoms with van der Waals surface area (Å²) < 4.78 is 28.0. The Balaban J connectivity index is 2.54. The average Bonchev–Trinajstić information content (AvgIpc) is 2.61. The number of sulfone groups is 1. The molecule has 0 bridgehead atoms. The van der Waals surface area contributed by atoms with Crippen molar-refractivity contribution in [1.82, 2.24) is 0 Å². The molecule has 0 aliphatic rings. The Bertz CT molecular complexity index is 981. The van der Waals surface area contributed by atoms with E-state index in [4.69, 9.17) is 4.74 Å². The molecule has 9 heteroatoms. The van der Waals surface area contributed by atoms with Gasteiger partial charge in [0.25, 0.3) is 5.69 Å². The molecule has 0 spiro atoms. The molecule has 0 saturated carbocycles. The van der Waals surface area contributed by atoms with Crippen molar-refractivity contribution in [3.63, 3.8) is 0 Å². The maximum absolute atomic E-state index is 12.9. The third-order valence-electron chi connectivity index (χ3n) is 3.80. The van der Waals surface area contributed by atoms with E-state index in [1.165, 1.54) is 48.5 Å². The lowest BCUT2D eigenvalue weighted by Crippen LogP contribution is -2.25. The quantitative estimate of drug-likeness (QED) is 0.234. The molecule has 0 radical (unpaired) electrons. The Morgan fingerprint density at radius 1 is 1.11 bits per heavy atom. The van der Waals surface area contributed by atoms with Gasteiger partial charge in [-0.05, 0) is 19.1 Å². The highest BCUT2D eigenvalue weighted by molar-refractivity contribution is 7.90. The fraction of sp³-hybridized carbons (Fsp3) is 0.222. The van der Waals surface area contributed by atoms with Crippen LogP contribution in [0.3, 0.4) is 0 Å². The molecule has 1 unspecified atom stereocenters. The number of carbonyl (C=O) groups excluding carboxylic acids is 2. The number of carbonyl (C=O) groups is 2. The first-order chi connectivity index (χ1) is 12.7. The predicted molar refractivity (Wildman–Crippen MR) is 96.4 cm³/mol. The van der Waals surface area contributed by atoms with Crippen LogP contribution in [0.1, 0.15) is 28.8 Å². The maximum atomic E-state index is 12.9. The van der Waals surface area contributed by atoms with Crippen LogP contribution in [-0.4, -0.2) is 38.0 Å². The second kappa shape index (κ2) is 8.09. The van der Waals surface area contributed by atoms with Crippen LogP contribution in [0.25, 0.3) is 0 Å². The van der Waals surface area contributed by atoms with Gasteiger partial charge in [0.15, 0.2) is 21.5 Å². The highest BCUT2D eigenvalue weighted by Gasteiger charge is 2.35. The standard InChI is InChI=1S/C18H17NO7S/c1-3-26-18(21)16(14-6-4-5-7-15(14)19(22)23)17(20)12-8-10-13(11-9-12)27(2,24)25/h4-11,16H,3H2,1-2H3. The van der Waals surface area contributed by atoms with Crippen molar-refractivity contribution in [2.45, 2.75) is 17.7 Å². The molecule has 0 heterocycles. The lowest BCUT2D eigenvalue weighted by Gasteiger charge is -2.15. The van der Waals surface area contributed by atoms with Crippen molar-refractivity contribution < 1.29 is 27.7 Å². The first-order valence-corrected chi connectivity index (χ1v) is 9.80. The number of nitrogens with zero attached hydrogens (tertiary/aromatic N) is 1. The third kappa shape index (κ3) is 4.56. The molecule has 27 heavy (non-hydrogen) atoms. The molecular formula is C18H17NO7S. The van der Waals surface area contributed by atoms with E-state index in [9.17, 15) is 28.1 Å². The summed E-state index contributed by atoms with van der Waals surface area (Å²) in [4.78, 5) is 36.0. The Morgan fingerprint density at radius 2 is 1.70 bits per heavy atom. The van der Waals surface area contributed by atoms with E-state index in [0.717, 1.165) is 6.26 Å². The number of hydrogen-bond donors (Lipinski definition) is 0. The molecular weight excluding hydrogens is 374 g/mol. The Labute approximate surface area is 155 Å². The van der Waals surface area contributed by atoms with Gasteiger partial charge in [-0.2, -0.15) is 0 Å². The van der Waals surface area contributed by atoms with Crippen molar-refractivity contribution >= 4 is 27.3 Å². The number of hydrogen-bond acceptors (Lipinski definition) is 7. The second-order valence-electron chi connectivity index (χ2n) is 5.66. The van der Waals surface area contributed by atoms with E-state index >= 15 is 0 Å². The Kier molecular flexibility index (Phi) is 6.06. The van der Waals surface area contributed by atoms with Crippen LogP contribution in [-0.2, 0) is 19.4 Å². The molecule has 0 fully saturated rings. The second-order valence-corrected chi connectivity index (χ2v) is 7.68. The van der Waals surface area contributed by atoms with Gasteiger partial charge < -0.3 is 4.74 Å². The molecule has 142 valence electrons. The van der Waals surface area contributed by atoms with Crippen LogP contribution >= 0.6 is 0 Å². The summed E-state index contributed by atoms with van der Waals surface area (Å²) in [6, 6.07) is 10.4. The lowest BCUT2D eigenvalue weighted by atomic mass is 9.89. The summed E-state index contributed by atoms with van der Waals surface area (Å²) in [5.74, 6) is -3.16. The first kappa shape index (κ1) is 20.2. The van der Waals surface area contributed by atoms with Gasteiger partial charge in [-0.1, -0.05) is 30.3 Å². The zero-order chi connectivity index (χ0) is 20.2. The molecule has 0 aliphatic heterocycles. The Hall–Kier alpha value is -3.07. The summed E-state index contributed by atoms with van der Waals surface area (Å²) in [6.45, 7) is 1.55. The number of ketones is 1. The summed E-state index contributed by atoms with van der Waals surface area (Å²) in [6.07, 6.45) is 1.03. The van der Waals surface area contributed by atoms with Gasteiger partial charge in [-0.25, -0.2) is 8.42 Å². The van der Waals surface area contributed by atoms with Crippen LogP contribution in [0.5, 0.6) is 0 Å². The first-order valence-electron chi connectivity index (χ1n) is 7.91. The monoisotopic (exact) mass is 391 g/mol. The molecule has 0 amide bonds. The number of nitro groups is 1. The summed E-state index contributed by atoms with van der Waals surface area (Å²) >= 11 is 0. The number of para-hydroxylation sites is 1. The van der Waals surface area contributed by atoms with Crippen LogP contribution < -0.4 is 0 Å². The minimum Gasteiger partial charge on any atom is -0.465 e. The fourth-order valence-electron chi connectivity index (χ4n) is 2.53. The van der Waals surface area contributed by atoms with E-state index in [1.54, 1.807) is 6.92 Å². The van der Waals surface area contributed by atoms with Crippen molar-refractivity contribution in [1.29, 1.82) is 0 Å². The van der Waals surface area contributed by atoms with E-state index < -0.39 is 32.4 Å². The van der Waals surface area contributed by atoms with Gasteiger partial charge in [0.2, 0.25) is 0 Å². The smallest absolute Gasteiger partial charge is 0.321 e. The summed E-state index contributed by atoms with van der Waals surface area (Å²) in [5.41, 5.74) is -0.423. The van der Waals surface area contributed by atoms with E-state index in [-0.39, 0.29) is 28.3 Å². The number of esters is 1. The van der Waals surface area contributed by atoms with Gasteiger partial charge in [0.05, 0.1) is 22.0 Å². The molecule has 0 N–H and O–H groups in total. The van der Waals surface area contributed by atoms with Crippen LogP contribution in [0.15, 0.2) is 53.4 Å². The van der Waals surface area contributed by atoms with Gasteiger partial charge in [-0.3, -0.25) is 19.7 Å². The molecule has 2 rings (SSSR count). The van der Waals surface area contributed by atoms with E-state index in [2.05, 4.69) is 0 Å². The fourth-order valence-corrected chi connectivity index (χ4v) is 3.16. The average molecular weight is 391 g/mol. The molecule has 0 aromatic heterocycles. The van der Waals surface area contributed by atoms with Crippen LogP contribution in [0.4, 0.5) is 5.69 Å². The van der Waals surface area contributed by atoms with E-state index in [0.29, 0.717) is 0 Å². The van der Waals surface area contributed by atoms with Gasteiger partial charge in [0, 0.05) is 17.9 Å². The number of benzene rings is 2. The number of Topliss-reactive ketones (excluding diaryl/α,β-unsaturated/α-hetero) is 1. The van der Waals surface area contributed by atoms with Crippen molar-refractivity contribution in [3.8, 4) is 0 Å². The number of rotatable bonds is 7.